The number of hydrogen-bond acceptors (Lipinski definition) is 6. The van der Waals surface area contributed by atoms with E-state index in [1.165, 1.54) is 0 Å². The summed E-state index contributed by atoms with van der Waals surface area (Å²) in [4.78, 5) is 19.2. The molecule has 2 heterocycles. The highest BCUT2D eigenvalue weighted by molar-refractivity contribution is 5.95. The minimum Gasteiger partial charge on any atom is -0.394 e. The minimum absolute atomic E-state index is 0.0858. The van der Waals surface area contributed by atoms with E-state index in [1.807, 2.05) is 32.0 Å². The van der Waals surface area contributed by atoms with Gasteiger partial charge in [0.2, 0.25) is 0 Å². The second-order valence-electron chi connectivity index (χ2n) is 7.16. The fourth-order valence-electron chi connectivity index (χ4n) is 3.67. The molecule has 0 spiro atoms. The maximum absolute atomic E-state index is 12.7. The fourth-order valence-corrected chi connectivity index (χ4v) is 3.67. The number of amides is 1. The summed E-state index contributed by atoms with van der Waals surface area (Å²) in [7, 11) is 0. The number of anilines is 1. The lowest BCUT2D eigenvalue weighted by atomic mass is 10.1. The van der Waals surface area contributed by atoms with Crippen LogP contribution in [0.25, 0.3) is 10.9 Å². The van der Waals surface area contributed by atoms with E-state index in [4.69, 9.17) is 4.74 Å². The number of carbonyl (C=O) groups is 1. The van der Waals surface area contributed by atoms with Crippen LogP contribution in [0.4, 0.5) is 5.69 Å². The zero-order valence-corrected chi connectivity index (χ0v) is 16.3. The van der Waals surface area contributed by atoms with Crippen molar-refractivity contribution in [2.75, 3.05) is 24.6 Å². The number of ether oxygens (including phenoxy) is 1. The molecule has 3 atom stereocenters. The first-order valence-corrected chi connectivity index (χ1v) is 9.66. The Bertz CT molecular complexity index is 880. The Morgan fingerprint density at radius 3 is 3.00 bits per heavy atom. The lowest BCUT2D eigenvalue weighted by molar-refractivity contribution is -0.138. The lowest BCUT2D eigenvalue weighted by Crippen LogP contribution is -2.54. The maximum Gasteiger partial charge on any atom is 0.251 e. The van der Waals surface area contributed by atoms with Crippen LogP contribution < -0.4 is 10.2 Å². The van der Waals surface area contributed by atoms with E-state index in [0.29, 0.717) is 24.2 Å². The minimum atomic E-state index is -0.628. The molecule has 1 fully saturated rings. The predicted molar refractivity (Wildman–Crippen MR) is 107 cm³/mol. The molecule has 28 heavy (non-hydrogen) atoms. The topological polar surface area (TPSA) is 98.5 Å². The second-order valence-corrected chi connectivity index (χ2v) is 7.16. The Morgan fingerprint density at radius 2 is 2.29 bits per heavy atom. The number of hydrogen-bond donors (Lipinski definition) is 2. The van der Waals surface area contributed by atoms with Crippen LogP contribution in [0.5, 0.6) is 0 Å². The average Bonchev–Trinajstić information content (AvgIpc) is 2.72. The van der Waals surface area contributed by atoms with E-state index in [1.54, 1.807) is 12.3 Å². The molecule has 7 nitrogen and oxygen atoms in total. The van der Waals surface area contributed by atoms with Crippen LogP contribution in [0.3, 0.4) is 0 Å². The van der Waals surface area contributed by atoms with Crippen molar-refractivity contribution in [2.24, 2.45) is 0 Å². The molecule has 2 aromatic rings. The summed E-state index contributed by atoms with van der Waals surface area (Å²) in [5.41, 5.74) is 2.12. The van der Waals surface area contributed by atoms with Crippen molar-refractivity contribution in [3.8, 4) is 6.07 Å². The van der Waals surface area contributed by atoms with Gasteiger partial charge in [0.15, 0.2) is 6.10 Å². The Hall–Kier alpha value is -2.69. The zero-order valence-electron chi connectivity index (χ0n) is 16.3. The summed E-state index contributed by atoms with van der Waals surface area (Å²) in [6.45, 7) is 4.90. The summed E-state index contributed by atoms with van der Waals surface area (Å²) in [5, 5.41) is 22.6. The van der Waals surface area contributed by atoms with Crippen molar-refractivity contribution in [2.45, 2.75) is 44.9 Å². The summed E-state index contributed by atoms with van der Waals surface area (Å²) in [6.07, 6.45) is 2.51. The molecule has 148 valence electrons. The summed E-state index contributed by atoms with van der Waals surface area (Å²) in [6, 6.07) is 9.38. The van der Waals surface area contributed by atoms with E-state index in [2.05, 4.69) is 21.3 Å². The number of carbonyl (C=O) groups excluding carboxylic acids is 1. The molecule has 1 amide bonds. The van der Waals surface area contributed by atoms with Crippen molar-refractivity contribution < 1.29 is 14.6 Å². The van der Waals surface area contributed by atoms with Gasteiger partial charge in [-0.05, 0) is 37.6 Å². The number of nitriles is 1. The van der Waals surface area contributed by atoms with Crippen LogP contribution in [0.1, 0.15) is 32.3 Å². The Labute approximate surface area is 164 Å². The number of pyridine rings is 1. The van der Waals surface area contributed by atoms with Crippen molar-refractivity contribution in [1.82, 2.24) is 10.3 Å². The van der Waals surface area contributed by atoms with Crippen molar-refractivity contribution in [3.63, 3.8) is 0 Å². The fraction of sp³-hybridized carbons (Fsp3) is 0.476. The van der Waals surface area contributed by atoms with Gasteiger partial charge in [-0.2, -0.15) is 5.26 Å². The largest absolute Gasteiger partial charge is 0.394 e. The van der Waals surface area contributed by atoms with Crippen LogP contribution in [0.15, 0.2) is 30.5 Å². The highest BCUT2D eigenvalue weighted by Gasteiger charge is 2.32. The molecule has 0 saturated carbocycles. The van der Waals surface area contributed by atoms with Gasteiger partial charge in [-0.1, -0.05) is 13.3 Å². The van der Waals surface area contributed by atoms with E-state index < -0.39 is 6.10 Å². The first kappa shape index (κ1) is 20.1. The van der Waals surface area contributed by atoms with Gasteiger partial charge in [-0.25, -0.2) is 0 Å². The molecule has 0 aliphatic carbocycles. The van der Waals surface area contributed by atoms with E-state index in [9.17, 15) is 15.2 Å². The first-order chi connectivity index (χ1) is 13.6. The predicted octanol–water partition coefficient (Wildman–Crippen LogP) is 1.98. The van der Waals surface area contributed by atoms with E-state index in [-0.39, 0.29) is 24.7 Å². The number of morpholine rings is 1. The molecule has 1 aliphatic rings. The number of aliphatic hydroxyl groups is 1. The Morgan fingerprint density at radius 1 is 1.46 bits per heavy atom. The highest BCUT2D eigenvalue weighted by Crippen LogP contribution is 2.30. The molecule has 1 unspecified atom stereocenters. The van der Waals surface area contributed by atoms with E-state index >= 15 is 0 Å². The number of rotatable bonds is 6. The highest BCUT2D eigenvalue weighted by atomic mass is 16.5. The van der Waals surface area contributed by atoms with Gasteiger partial charge >= 0.3 is 0 Å². The van der Waals surface area contributed by atoms with Crippen molar-refractivity contribution in [1.29, 1.82) is 5.26 Å². The molecule has 0 bridgehead atoms. The van der Waals surface area contributed by atoms with Gasteiger partial charge in [-0.3, -0.25) is 9.78 Å². The van der Waals surface area contributed by atoms with Gasteiger partial charge in [0.05, 0.1) is 36.4 Å². The smallest absolute Gasteiger partial charge is 0.251 e. The number of fused-ring (bicyclic) bond motifs is 1. The Balaban J connectivity index is 1.85. The molecule has 1 saturated heterocycles. The second kappa shape index (κ2) is 9.00. The van der Waals surface area contributed by atoms with Gasteiger partial charge in [0.1, 0.15) is 6.07 Å². The molecule has 1 aromatic heterocycles. The summed E-state index contributed by atoms with van der Waals surface area (Å²) in [5.74, 6) is -0.208. The van der Waals surface area contributed by atoms with Crippen molar-refractivity contribution in [3.05, 3.63) is 36.0 Å². The van der Waals surface area contributed by atoms with Crippen LogP contribution in [-0.2, 0) is 9.53 Å². The van der Waals surface area contributed by atoms with Crippen LogP contribution in [-0.4, -0.2) is 53.9 Å². The van der Waals surface area contributed by atoms with Crippen molar-refractivity contribution >= 4 is 22.5 Å². The first-order valence-electron chi connectivity index (χ1n) is 9.66. The lowest BCUT2D eigenvalue weighted by Gasteiger charge is -2.38. The monoisotopic (exact) mass is 382 g/mol. The third kappa shape index (κ3) is 4.24. The van der Waals surface area contributed by atoms with Crippen LogP contribution >= 0.6 is 0 Å². The number of nitrogens with zero attached hydrogens (tertiary/aromatic N) is 3. The number of benzene rings is 1. The summed E-state index contributed by atoms with van der Waals surface area (Å²) >= 11 is 0. The maximum atomic E-state index is 12.7. The molecule has 1 aliphatic heterocycles. The molecule has 3 rings (SSSR count). The van der Waals surface area contributed by atoms with Gasteiger partial charge in [0.25, 0.3) is 5.91 Å². The molecular weight excluding hydrogens is 356 g/mol. The molecule has 7 heteroatoms. The Kier molecular flexibility index (Phi) is 6.45. The normalized spacial score (nSPS) is 20.6. The third-order valence-corrected chi connectivity index (χ3v) is 4.96. The average molecular weight is 382 g/mol. The molecule has 0 radical (unpaired) electrons. The van der Waals surface area contributed by atoms with Gasteiger partial charge in [-0.15, -0.1) is 0 Å². The zero-order chi connectivity index (χ0) is 20.1. The number of aliphatic hydroxyl groups excluding tert-OH is 1. The van der Waals surface area contributed by atoms with Gasteiger partial charge < -0.3 is 20.1 Å². The van der Waals surface area contributed by atoms with Gasteiger partial charge in [0, 0.05) is 23.8 Å². The molecular formula is C21H26N4O3. The standard InChI is InChI=1S/C21H26N4O3/c1-3-5-16(13-26)24-21(27)19-12-25(11-14(2)28-19)18-8-7-15(10-22)20-17(18)6-4-9-23-20/h4,6-9,14,16,19,26H,3,5,11-13H2,1-2H3,(H,24,27)/t14-,16?,19-/m1/s1. The van der Waals surface area contributed by atoms with Crippen LogP contribution in [0, 0.1) is 11.3 Å². The third-order valence-electron chi connectivity index (χ3n) is 4.96. The van der Waals surface area contributed by atoms with E-state index in [0.717, 1.165) is 23.9 Å². The quantitative estimate of drug-likeness (QED) is 0.793. The summed E-state index contributed by atoms with van der Waals surface area (Å²) < 4.78 is 5.88. The molecule has 2 N–H and O–H groups in total. The number of nitrogens with one attached hydrogen (secondary N) is 1. The molecule has 1 aromatic carbocycles. The van der Waals surface area contributed by atoms with Crippen LogP contribution in [0.2, 0.25) is 0 Å². The SMILES string of the molecule is CCCC(CO)NC(=O)[C@H]1CN(c2ccc(C#N)c3ncccc23)C[C@@H](C)O1. The number of aromatic nitrogens is 1.